The second kappa shape index (κ2) is 5.40. The normalized spacial score (nSPS) is 23.1. The van der Waals surface area contributed by atoms with Crippen LogP contribution >= 0.6 is 22.9 Å². The van der Waals surface area contributed by atoms with Crippen molar-refractivity contribution < 1.29 is 18.3 Å². The van der Waals surface area contributed by atoms with Crippen molar-refractivity contribution in [3.8, 4) is 0 Å². The molecule has 5 nitrogen and oxygen atoms in total. The van der Waals surface area contributed by atoms with Crippen LogP contribution in [0.5, 0.6) is 0 Å². The number of hydrogen-bond acceptors (Lipinski definition) is 4. The van der Waals surface area contributed by atoms with Gasteiger partial charge in [0.05, 0.1) is 9.23 Å². The molecule has 0 radical (unpaired) electrons. The first kappa shape index (κ1) is 14.8. The number of carboxylic acids is 1. The van der Waals surface area contributed by atoms with Crippen molar-refractivity contribution in [1.82, 2.24) is 4.72 Å². The molecule has 0 aliphatic heterocycles. The van der Waals surface area contributed by atoms with Crippen molar-refractivity contribution in [2.75, 3.05) is 0 Å². The summed E-state index contributed by atoms with van der Waals surface area (Å²) < 4.78 is 27.3. The van der Waals surface area contributed by atoms with Gasteiger partial charge in [0.25, 0.3) is 0 Å². The number of carbonyl (C=O) groups is 1. The number of nitrogens with one attached hydrogen (secondary N) is 1. The molecule has 8 heteroatoms. The fourth-order valence-corrected chi connectivity index (χ4v) is 5.31. The van der Waals surface area contributed by atoms with Crippen molar-refractivity contribution in [2.45, 2.75) is 37.1 Å². The number of aryl methyl sites for hydroxylation is 1. The summed E-state index contributed by atoms with van der Waals surface area (Å²) in [6.07, 6.45) is 1.24. The summed E-state index contributed by atoms with van der Waals surface area (Å²) in [5, 5.41) is 8.63. The van der Waals surface area contributed by atoms with E-state index in [1.54, 1.807) is 6.92 Å². The fraction of sp³-hybridized carbons (Fsp3) is 0.545. The summed E-state index contributed by atoms with van der Waals surface area (Å²) in [7, 11) is -3.55. The van der Waals surface area contributed by atoms with Crippen LogP contribution in [0.3, 0.4) is 0 Å². The van der Waals surface area contributed by atoms with Crippen molar-refractivity contribution in [3.05, 3.63) is 15.3 Å². The molecule has 1 aromatic rings. The Kier molecular flexibility index (Phi) is 4.20. The zero-order valence-electron chi connectivity index (χ0n) is 10.2. The lowest BCUT2D eigenvalue weighted by Gasteiger charge is -2.34. The minimum absolute atomic E-state index is 0.0670. The number of carboxylic acid groups (broad SMARTS) is 1. The molecule has 106 valence electrons. The Morgan fingerprint density at radius 1 is 1.58 bits per heavy atom. The summed E-state index contributed by atoms with van der Waals surface area (Å²) in [5.74, 6) is -0.774. The van der Waals surface area contributed by atoms with Crippen molar-refractivity contribution in [1.29, 1.82) is 0 Å². The van der Waals surface area contributed by atoms with Crippen LogP contribution < -0.4 is 4.72 Å². The first-order valence-electron chi connectivity index (χ1n) is 5.78. The summed E-state index contributed by atoms with van der Waals surface area (Å²) in [5.41, 5.74) is 0. The van der Waals surface area contributed by atoms with E-state index < -0.39 is 16.0 Å². The quantitative estimate of drug-likeness (QED) is 0.870. The predicted molar refractivity (Wildman–Crippen MR) is 73.2 cm³/mol. The molecule has 19 heavy (non-hydrogen) atoms. The van der Waals surface area contributed by atoms with Gasteiger partial charge in [-0.15, -0.1) is 11.3 Å². The van der Waals surface area contributed by atoms with Gasteiger partial charge in [0.2, 0.25) is 10.0 Å². The van der Waals surface area contributed by atoms with Crippen LogP contribution in [-0.2, 0) is 14.8 Å². The van der Waals surface area contributed by atoms with Gasteiger partial charge in [-0.25, -0.2) is 13.1 Å². The second-order valence-corrected chi connectivity index (χ2v) is 8.29. The highest BCUT2D eigenvalue weighted by Gasteiger charge is 2.34. The standard InChI is InChI=1S/C11H14ClNO4S2/c1-6-9(5-10(12)18-6)19(16,17)13-8-2-7(3-8)4-11(14)15/h5,7-8,13H,2-4H2,1H3,(H,14,15). The van der Waals surface area contributed by atoms with E-state index in [1.165, 1.54) is 17.4 Å². The van der Waals surface area contributed by atoms with E-state index >= 15 is 0 Å². The molecule has 0 unspecified atom stereocenters. The van der Waals surface area contributed by atoms with Crippen LogP contribution in [-0.4, -0.2) is 25.5 Å². The van der Waals surface area contributed by atoms with Gasteiger partial charge < -0.3 is 5.11 Å². The third kappa shape index (κ3) is 3.47. The maximum atomic E-state index is 12.1. The van der Waals surface area contributed by atoms with Crippen molar-refractivity contribution in [2.24, 2.45) is 5.92 Å². The zero-order valence-corrected chi connectivity index (χ0v) is 12.6. The zero-order chi connectivity index (χ0) is 14.2. The van der Waals surface area contributed by atoms with Gasteiger partial charge in [-0.3, -0.25) is 4.79 Å². The molecule has 0 spiro atoms. The van der Waals surface area contributed by atoms with Gasteiger partial charge in [-0.2, -0.15) is 0 Å². The lowest BCUT2D eigenvalue weighted by Crippen LogP contribution is -2.44. The Labute approximate surface area is 120 Å². The molecule has 0 saturated heterocycles. The third-order valence-corrected chi connectivity index (χ3v) is 6.11. The van der Waals surface area contributed by atoms with Gasteiger partial charge in [0, 0.05) is 17.3 Å². The van der Waals surface area contributed by atoms with Crippen LogP contribution in [0.4, 0.5) is 0 Å². The van der Waals surface area contributed by atoms with E-state index in [4.69, 9.17) is 16.7 Å². The Hall–Kier alpha value is -0.630. The summed E-state index contributed by atoms with van der Waals surface area (Å²) in [6, 6.07) is 1.27. The fourth-order valence-electron chi connectivity index (χ4n) is 2.23. The smallest absolute Gasteiger partial charge is 0.303 e. The predicted octanol–water partition coefficient (Wildman–Crippen LogP) is 2.24. The molecule has 0 atom stereocenters. The van der Waals surface area contributed by atoms with Crippen LogP contribution in [0.15, 0.2) is 11.0 Å². The van der Waals surface area contributed by atoms with Gasteiger partial charge in [0.1, 0.15) is 0 Å². The summed E-state index contributed by atoms with van der Waals surface area (Å²) >= 11 is 7.02. The molecule has 1 aliphatic carbocycles. The molecule has 0 aromatic carbocycles. The van der Waals surface area contributed by atoms with Crippen molar-refractivity contribution in [3.63, 3.8) is 0 Å². The largest absolute Gasteiger partial charge is 0.481 e. The number of aliphatic carboxylic acids is 1. The van der Waals surface area contributed by atoms with Crippen LogP contribution in [0.1, 0.15) is 24.1 Å². The highest BCUT2D eigenvalue weighted by molar-refractivity contribution is 7.89. The Morgan fingerprint density at radius 3 is 2.68 bits per heavy atom. The Bertz CT molecular complexity index is 590. The molecule has 2 rings (SSSR count). The van der Waals surface area contributed by atoms with Gasteiger partial charge in [-0.1, -0.05) is 11.6 Å². The van der Waals surface area contributed by atoms with Crippen LogP contribution in [0, 0.1) is 12.8 Å². The molecule has 1 saturated carbocycles. The van der Waals surface area contributed by atoms with E-state index in [2.05, 4.69) is 4.72 Å². The maximum absolute atomic E-state index is 12.1. The number of halogens is 1. The molecule has 1 fully saturated rings. The average molecular weight is 324 g/mol. The minimum atomic E-state index is -3.55. The third-order valence-electron chi connectivity index (χ3n) is 3.15. The molecule has 1 aromatic heterocycles. The Morgan fingerprint density at radius 2 is 2.21 bits per heavy atom. The van der Waals surface area contributed by atoms with E-state index in [-0.39, 0.29) is 23.3 Å². The topological polar surface area (TPSA) is 83.5 Å². The van der Waals surface area contributed by atoms with E-state index in [0.717, 1.165) is 0 Å². The number of sulfonamides is 1. The van der Waals surface area contributed by atoms with Crippen LogP contribution in [0.2, 0.25) is 4.34 Å². The van der Waals surface area contributed by atoms with E-state index in [1.807, 2.05) is 0 Å². The molecular formula is C11H14ClNO4S2. The molecule has 0 amide bonds. The van der Waals surface area contributed by atoms with E-state index in [0.29, 0.717) is 22.1 Å². The highest BCUT2D eigenvalue weighted by atomic mass is 35.5. The molecule has 2 N–H and O–H groups in total. The van der Waals surface area contributed by atoms with Gasteiger partial charge in [0.15, 0.2) is 0 Å². The maximum Gasteiger partial charge on any atom is 0.303 e. The Balaban J connectivity index is 1.97. The summed E-state index contributed by atoms with van der Waals surface area (Å²) in [6.45, 7) is 1.71. The lowest BCUT2D eigenvalue weighted by atomic mass is 9.79. The first-order chi connectivity index (χ1) is 8.78. The average Bonchev–Trinajstić information content (AvgIpc) is 2.54. The second-order valence-electron chi connectivity index (χ2n) is 4.72. The number of hydrogen-bond donors (Lipinski definition) is 2. The van der Waals surface area contributed by atoms with E-state index in [9.17, 15) is 13.2 Å². The monoisotopic (exact) mass is 323 g/mol. The summed E-state index contributed by atoms with van der Waals surface area (Å²) in [4.78, 5) is 11.4. The van der Waals surface area contributed by atoms with Crippen molar-refractivity contribution >= 4 is 38.9 Å². The number of thiophene rings is 1. The number of rotatable bonds is 5. The first-order valence-corrected chi connectivity index (χ1v) is 8.45. The highest BCUT2D eigenvalue weighted by Crippen LogP contribution is 2.33. The molecule has 0 bridgehead atoms. The van der Waals surface area contributed by atoms with Gasteiger partial charge >= 0.3 is 5.97 Å². The van der Waals surface area contributed by atoms with Gasteiger partial charge in [-0.05, 0) is 31.7 Å². The molecular weight excluding hydrogens is 310 g/mol. The molecule has 1 heterocycles. The molecule has 1 aliphatic rings. The van der Waals surface area contributed by atoms with Crippen LogP contribution in [0.25, 0.3) is 0 Å². The SMILES string of the molecule is Cc1sc(Cl)cc1S(=O)(=O)NC1CC(CC(=O)O)C1. The minimum Gasteiger partial charge on any atom is -0.481 e. The lowest BCUT2D eigenvalue weighted by molar-refractivity contribution is -0.138.